The highest BCUT2D eigenvalue weighted by Gasteiger charge is 2.49. The molecule has 0 fully saturated rings. The van der Waals surface area contributed by atoms with Crippen LogP contribution in [-0.4, -0.2) is 40.9 Å². The molecule has 9 nitrogen and oxygen atoms in total. The minimum absolute atomic E-state index is 0.108. The predicted octanol–water partition coefficient (Wildman–Crippen LogP) is 3.66. The van der Waals surface area contributed by atoms with Crippen molar-refractivity contribution >= 4 is 38.9 Å². The van der Waals surface area contributed by atoms with Gasteiger partial charge < -0.3 is 10.6 Å². The van der Waals surface area contributed by atoms with Crippen LogP contribution in [0.15, 0.2) is 42.7 Å². The average molecular weight is 453 g/mol. The summed E-state index contributed by atoms with van der Waals surface area (Å²) in [5.41, 5.74) is -4.77. The van der Waals surface area contributed by atoms with Crippen LogP contribution in [0.2, 0.25) is 0 Å². The van der Waals surface area contributed by atoms with Gasteiger partial charge in [-0.1, -0.05) is 12.1 Å². The average Bonchev–Trinajstić information content (AvgIpc) is 2.66. The number of anilines is 5. The third-order valence-electron chi connectivity index (χ3n) is 4.05. The Labute approximate surface area is 176 Å². The van der Waals surface area contributed by atoms with E-state index in [0.717, 1.165) is 12.7 Å². The normalized spacial score (nSPS) is 11.8. The summed E-state index contributed by atoms with van der Waals surface area (Å²) >= 11 is 0. The maximum absolute atomic E-state index is 13.0. The summed E-state index contributed by atoms with van der Waals surface area (Å²) in [4.78, 5) is 16.6. The Hall–Kier alpha value is -3.48. The molecule has 0 atom stereocenters. The highest BCUT2D eigenvalue weighted by atomic mass is 32.2. The molecule has 0 amide bonds. The van der Waals surface area contributed by atoms with Gasteiger partial charge in [0.15, 0.2) is 0 Å². The summed E-state index contributed by atoms with van der Waals surface area (Å²) in [6, 6.07) is 8.88. The van der Waals surface area contributed by atoms with E-state index in [1.807, 2.05) is 6.92 Å². The first kappa shape index (κ1) is 22.2. The van der Waals surface area contributed by atoms with E-state index in [4.69, 9.17) is 0 Å². The van der Waals surface area contributed by atoms with Gasteiger partial charge in [-0.05, 0) is 26.0 Å². The largest absolute Gasteiger partial charge is 0.516 e. The number of benzene rings is 1. The molecule has 0 spiro atoms. The molecule has 164 valence electrons. The quantitative estimate of drug-likeness (QED) is 0.582. The molecule has 0 saturated carbocycles. The number of halogens is 3. The number of aryl methyl sites for hydroxylation is 2. The van der Waals surface area contributed by atoms with Crippen LogP contribution < -0.4 is 14.9 Å². The van der Waals surface area contributed by atoms with Gasteiger partial charge >= 0.3 is 15.5 Å². The monoisotopic (exact) mass is 453 g/mol. The first-order valence-electron chi connectivity index (χ1n) is 8.80. The molecule has 0 saturated heterocycles. The number of nitrogens with zero attached hydrogens (tertiary/aromatic N) is 5. The lowest BCUT2D eigenvalue weighted by Gasteiger charge is -2.23. The Balaban J connectivity index is 1.88. The highest BCUT2D eigenvalue weighted by molar-refractivity contribution is 7.93. The van der Waals surface area contributed by atoms with Gasteiger partial charge in [0.2, 0.25) is 0 Å². The van der Waals surface area contributed by atoms with Gasteiger partial charge in [0.05, 0.1) is 11.4 Å². The van der Waals surface area contributed by atoms with Gasteiger partial charge in [0.1, 0.15) is 29.6 Å². The number of rotatable bonds is 6. The lowest BCUT2D eigenvalue weighted by Crippen LogP contribution is -2.38. The number of para-hydroxylation sites is 2. The summed E-state index contributed by atoms with van der Waals surface area (Å²) in [5, 5.41) is 5.82. The second kappa shape index (κ2) is 8.34. The van der Waals surface area contributed by atoms with Gasteiger partial charge in [0, 0.05) is 24.9 Å². The van der Waals surface area contributed by atoms with E-state index in [0.29, 0.717) is 17.5 Å². The van der Waals surface area contributed by atoms with Crippen molar-refractivity contribution in [3.8, 4) is 0 Å². The number of hydrogen-bond donors (Lipinski definition) is 2. The van der Waals surface area contributed by atoms with Crippen LogP contribution in [-0.2, 0) is 10.0 Å². The fourth-order valence-electron chi connectivity index (χ4n) is 2.68. The molecule has 0 unspecified atom stereocenters. The molecule has 0 aliphatic carbocycles. The van der Waals surface area contributed by atoms with Crippen LogP contribution in [0, 0.1) is 13.8 Å². The lowest BCUT2D eigenvalue weighted by molar-refractivity contribution is -0.0437. The van der Waals surface area contributed by atoms with Crippen LogP contribution >= 0.6 is 0 Å². The molecule has 0 aliphatic rings. The molecule has 2 N–H and O–H groups in total. The maximum Gasteiger partial charge on any atom is 0.516 e. The molecule has 0 aliphatic heterocycles. The fraction of sp³-hybridized carbons (Fsp3) is 0.222. The van der Waals surface area contributed by atoms with Crippen LogP contribution in [0.1, 0.15) is 11.5 Å². The number of nitrogens with one attached hydrogen (secondary N) is 2. The van der Waals surface area contributed by atoms with Crippen LogP contribution in [0.25, 0.3) is 0 Å². The van der Waals surface area contributed by atoms with Crippen molar-refractivity contribution in [2.24, 2.45) is 0 Å². The Morgan fingerprint density at radius 2 is 1.58 bits per heavy atom. The van der Waals surface area contributed by atoms with Gasteiger partial charge in [0.25, 0.3) is 0 Å². The first-order chi connectivity index (χ1) is 14.5. The third kappa shape index (κ3) is 4.99. The summed E-state index contributed by atoms with van der Waals surface area (Å²) in [5.74, 6) is 1.66. The van der Waals surface area contributed by atoms with Crippen LogP contribution in [0.4, 0.5) is 42.0 Å². The molecular formula is C18H18F3N7O2S. The minimum Gasteiger partial charge on any atom is -0.338 e. The zero-order valence-corrected chi connectivity index (χ0v) is 17.5. The third-order valence-corrected chi connectivity index (χ3v) is 5.55. The second-order valence-electron chi connectivity index (χ2n) is 6.42. The van der Waals surface area contributed by atoms with E-state index in [1.165, 1.54) is 30.6 Å². The van der Waals surface area contributed by atoms with E-state index in [-0.39, 0.29) is 21.5 Å². The van der Waals surface area contributed by atoms with Crippen molar-refractivity contribution in [2.45, 2.75) is 19.4 Å². The van der Waals surface area contributed by atoms with Crippen molar-refractivity contribution < 1.29 is 21.6 Å². The maximum atomic E-state index is 13.0. The molecule has 0 bridgehead atoms. The van der Waals surface area contributed by atoms with Gasteiger partial charge in [-0.15, -0.1) is 0 Å². The number of aromatic nitrogens is 4. The van der Waals surface area contributed by atoms with Gasteiger partial charge in [-0.2, -0.15) is 21.6 Å². The molecule has 2 heterocycles. The minimum atomic E-state index is -5.57. The van der Waals surface area contributed by atoms with Crippen LogP contribution in [0.5, 0.6) is 0 Å². The number of sulfonamides is 1. The molecule has 3 rings (SSSR count). The number of alkyl halides is 3. The van der Waals surface area contributed by atoms with E-state index in [2.05, 4.69) is 30.6 Å². The van der Waals surface area contributed by atoms with Gasteiger partial charge in [-0.25, -0.2) is 19.9 Å². The van der Waals surface area contributed by atoms with E-state index in [1.54, 1.807) is 19.1 Å². The zero-order chi connectivity index (χ0) is 22.8. The van der Waals surface area contributed by atoms with E-state index < -0.39 is 15.5 Å². The molecule has 13 heteroatoms. The molecule has 0 radical (unpaired) electrons. The van der Waals surface area contributed by atoms with Crippen LogP contribution in [0.3, 0.4) is 0 Å². The Bertz CT molecular complexity index is 1180. The highest BCUT2D eigenvalue weighted by Crippen LogP contribution is 2.34. The zero-order valence-electron chi connectivity index (χ0n) is 16.6. The topological polar surface area (TPSA) is 113 Å². The molecule has 2 aromatic heterocycles. The SMILES string of the molecule is Cc1cc(Nc2cc(Nc3ccccc3N(C)S(=O)(=O)C(F)(F)F)ncn2)nc(C)n1. The predicted molar refractivity (Wildman–Crippen MR) is 110 cm³/mol. The van der Waals surface area contributed by atoms with Crippen molar-refractivity contribution in [2.75, 3.05) is 22.0 Å². The van der Waals surface area contributed by atoms with Crippen molar-refractivity contribution in [1.82, 2.24) is 19.9 Å². The fourth-order valence-corrected chi connectivity index (χ4v) is 3.41. The molecule has 1 aromatic carbocycles. The van der Waals surface area contributed by atoms with Crippen molar-refractivity contribution in [1.29, 1.82) is 0 Å². The van der Waals surface area contributed by atoms with Crippen molar-refractivity contribution in [3.63, 3.8) is 0 Å². The molecule has 31 heavy (non-hydrogen) atoms. The van der Waals surface area contributed by atoms with E-state index in [9.17, 15) is 21.6 Å². The Morgan fingerprint density at radius 1 is 0.935 bits per heavy atom. The summed E-state index contributed by atoms with van der Waals surface area (Å²) in [6.45, 7) is 3.56. The standard InChI is InChI=1S/C18H18F3N7O2S/c1-11-8-17(25-12(2)24-11)27-16-9-15(22-10-23-16)26-13-6-4-5-7-14(13)28(3)31(29,30)18(19,20)21/h4-10H,1-3H3,(H2,22,23,24,25,26,27). The van der Waals surface area contributed by atoms with E-state index >= 15 is 0 Å². The molecule has 3 aromatic rings. The second-order valence-corrected chi connectivity index (χ2v) is 8.38. The molecular weight excluding hydrogens is 435 g/mol. The summed E-state index contributed by atoms with van der Waals surface area (Å²) in [7, 11) is -4.74. The smallest absolute Gasteiger partial charge is 0.338 e. The number of hydrogen-bond acceptors (Lipinski definition) is 8. The Kier molecular flexibility index (Phi) is 5.97. The summed E-state index contributed by atoms with van der Waals surface area (Å²) < 4.78 is 62.6. The lowest BCUT2D eigenvalue weighted by atomic mass is 10.2. The Morgan fingerprint density at radius 3 is 2.23 bits per heavy atom. The summed E-state index contributed by atoms with van der Waals surface area (Å²) in [6.07, 6.45) is 1.24. The van der Waals surface area contributed by atoms with Crippen molar-refractivity contribution in [3.05, 3.63) is 54.2 Å². The first-order valence-corrected chi connectivity index (χ1v) is 10.2. The van der Waals surface area contributed by atoms with Gasteiger partial charge in [-0.3, -0.25) is 4.31 Å².